The van der Waals surface area contributed by atoms with E-state index in [0.29, 0.717) is 18.9 Å². The summed E-state index contributed by atoms with van der Waals surface area (Å²) >= 11 is 0. The van der Waals surface area contributed by atoms with Crippen LogP contribution in [0.4, 0.5) is 11.4 Å². The Morgan fingerprint density at radius 3 is 2.37 bits per heavy atom. The fourth-order valence-corrected chi connectivity index (χ4v) is 2.62. The summed E-state index contributed by atoms with van der Waals surface area (Å²) in [6.07, 6.45) is 0.578. The van der Waals surface area contributed by atoms with E-state index in [2.05, 4.69) is 30.9 Å². The third kappa shape index (κ3) is 2.89. The van der Waals surface area contributed by atoms with Gasteiger partial charge in [0.25, 0.3) is 0 Å². The van der Waals surface area contributed by atoms with Crippen molar-refractivity contribution in [3.63, 3.8) is 0 Å². The van der Waals surface area contributed by atoms with Crippen LogP contribution in [-0.4, -0.2) is 32.1 Å². The lowest BCUT2D eigenvalue weighted by atomic mass is 10.1. The molecule has 1 aliphatic rings. The highest BCUT2D eigenvalue weighted by atomic mass is 16.2. The molecule has 4 heteroatoms. The molecule has 2 rings (SSSR count). The lowest BCUT2D eigenvalue weighted by Crippen LogP contribution is -2.26. The van der Waals surface area contributed by atoms with Gasteiger partial charge in [0.05, 0.1) is 0 Å². The Hall–Kier alpha value is -1.55. The average Bonchev–Trinajstić information content (AvgIpc) is 2.82. The van der Waals surface area contributed by atoms with Crippen LogP contribution in [0.15, 0.2) is 24.3 Å². The molecule has 0 bridgehead atoms. The Bertz CT molecular complexity index is 426. The summed E-state index contributed by atoms with van der Waals surface area (Å²) in [6, 6.07) is 8.24. The summed E-state index contributed by atoms with van der Waals surface area (Å²) in [6.45, 7) is 7.61. The van der Waals surface area contributed by atoms with Gasteiger partial charge in [-0.15, -0.1) is 0 Å². The van der Waals surface area contributed by atoms with Crippen molar-refractivity contribution < 1.29 is 4.79 Å². The Morgan fingerprint density at radius 2 is 1.89 bits per heavy atom. The lowest BCUT2D eigenvalue weighted by Gasteiger charge is -2.22. The Balaban J connectivity index is 2.12. The van der Waals surface area contributed by atoms with Crippen molar-refractivity contribution >= 4 is 17.3 Å². The number of hydrogen-bond donors (Lipinski definition) is 1. The number of nitrogens with two attached hydrogens (primary N) is 1. The van der Waals surface area contributed by atoms with Crippen molar-refractivity contribution in [1.82, 2.24) is 0 Å². The Kier molecular flexibility index (Phi) is 4.43. The maximum atomic E-state index is 11.9. The summed E-state index contributed by atoms with van der Waals surface area (Å²) in [7, 11) is 0. The van der Waals surface area contributed by atoms with Crippen LogP contribution in [-0.2, 0) is 4.79 Å². The molecule has 4 nitrogen and oxygen atoms in total. The predicted octanol–water partition coefficient (Wildman–Crippen LogP) is 1.84. The Morgan fingerprint density at radius 1 is 1.26 bits per heavy atom. The maximum absolute atomic E-state index is 11.9. The highest BCUT2D eigenvalue weighted by Crippen LogP contribution is 2.26. The second-order valence-corrected chi connectivity index (χ2v) is 5.00. The number of carbonyl (C=O) groups excluding carboxylic acids is 1. The minimum absolute atomic E-state index is 0.186. The molecule has 19 heavy (non-hydrogen) atoms. The van der Waals surface area contributed by atoms with Gasteiger partial charge in [0.1, 0.15) is 0 Å². The van der Waals surface area contributed by atoms with E-state index in [-0.39, 0.29) is 5.91 Å². The van der Waals surface area contributed by atoms with E-state index in [9.17, 15) is 4.79 Å². The summed E-state index contributed by atoms with van der Waals surface area (Å²) in [4.78, 5) is 16.1. The second kappa shape index (κ2) is 6.06. The number of benzene rings is 1. The number of hydrogen-bond acceptors (Lipinski definition) is 3. The predicted molar refractivity (Wildman–Crippen MR) is 79.5 cm³/mol. The minimum atomic E-state index is 0.186. The molecule has 0 saturated carbocycles. The molecule has 1 unspecified atom stereocenters. The molecule has 0 radical (unpaired) electrons. The minimum Gasteiger partial charge on any atom is -0.372 e. The van der Waals surface area contributed by atoms with Crippen LogP contribution in [0.5, 0.6) is 0 Å². The number of rotatable bonds is 5. The van der Waals surface area contributed by atoms with Gasteiger partial charge in [0, 0.05) is 37.4 Å². The third-order valence-corrected chi connectivity index (χ3v) is 3.83. The van der Waals surface area contributed by atoms with Crippen molar-refractivity contribution in [1.29, 1.82) is 0 Å². The molecule has 1 aliphatic heterocycles. The molecule has 104 valence electrons. The zero-order valence-electron chi connectivity index (χ0n) is 11.8. The molecule has 1 fully saturated rings. The van der Waals surface area contributed by atoms with Crippen LogP contribution in [0, 0.1) is 5.92 Å². The second-order valence-electron chi connectivity index (χ2n) is 5.00. The molecular formula is C15H23N3O. The van der Waals surface area contributed by atoms with Crippen LogP contribution in [0.1, 0.15) is 20.3 Å². The first-order valence-corrected chi connectivity index (χ1v) is 7.05. The van der Waals surface area contributed by atoms with Crippen molar-refractivity contribution in [2.75, 3.05) is 36.0 Å². The van der Waals surface area contributed by atoms with Gasteiger partial charge < -0.3 is 15.5 Å². The van der Waals surface area contributed by atoms with Gasteiger partial charge in [-0.3, -0.25) is 4.79 Å². The molecule has 1 saturated heterocycles. The number of nitrogens with zero attached hydrogens (tertiary/aromatic N) is 2. The molecular weight excluding hydrogens is 238 g/mol. The highest BCUT2D eigenvalue weighted by Gasteiger charge is 2.29. The van der Waals surface area contributed by atoms with Gasteiger partial charge >= 0.3 is 0 Å². The molecule has 0 aromatic heterocycles. The molecule has 2 N–H and O–H groups in total. The van der Waals surface area contributed by atoms with Crippen LogP contribution in [0.3, 0.4) is 0 Å². The van der Waals surface area contributed by atoms with E-state index in [1.54, 1.807) is 0 Å². The third-order valence-electron chi connectivity index (χ3n) is 3.83. The molecule has 1 aromatic carbocycles. The number of carbonyl (C=O) groups is 1. The van der Waals surface area contributed by atoms with Crippen LogP contribution >= 0.6 is 0 Å². The fraction of sp³-hybridized carbons (Fsp3) is 0.533. The smallest absolute Gasteiger partial charge is 0.227 e. The first kappa shape index (κ1) is 13.9. The molecule has 1 amide bonds. The molecule has 1 aromatic rings. The number of amides is 1. The van der Waals surface area contributed by atoms with Gasteiger partial charge in [-0.05, 0) is 50.6 Å². The molecule has 1 heterocycles. The van der Waals surface area contributed by atoms with Crippen LogP contribution in [0.25, 0.3) is 0 Å². The lowest BCUT2D eigenvalue weighted by molar-refractivity contribution is -0.117. The summed E-state index contributed by atoms with van der Waals surface area (Å²) in [5.74, 6) is 0.487. The van der Waals surface area contributed by atoms with Crippen LogP contribution in [0.2, 0.25) is 0 Å². The zero-order valence-corrected chi connectivity index (χ0v) is 11.8. The largest absolute Gasteiger partial charge is 0.372 e. The quantitative estimate of drug-likeness (QED) is 0.880. The van der Waals surface area contributed by atoms with Gasteiger partial charge in [0.2, 0.25) is 5.91 Å². The monoisotopic (exact) mass is 261 g/mol. The van der Waals surface area contributed by atoms with Gasteiger partial charge in [-0.1, -0.05) is 0 Å². The topological polar surface area (TPSA) is 49.6 Å². The van der Waals surface area contributed by atoms with E-state index >= 15 is 0 Å². The number of anilines is 2. The van der Waals surface area contributed by atoms with Crippen molar-refractivity contribution in [2.45, 2.75) is 20.3 Å². The average molecular weight is 261 g/mol. The van der Waals surface area contributed by atoms with Crippen molar-refractivity contribution in [2.24, 2.45) is 11.7 Å². The van der Waals surface area contributed by atoms with E-state index in [1.807, 2.05) is 17.0 Å². The Labute approximate surface area is 115 Å². The molecule has 1 atom stereocenters. The van der Waals surface area contributed by atoms with Crippen LogP contribution < -0.4 is 15.5 Å². The summed E-state index contributed by atoms with van der Waals surface area (Å²) in [5, 5.41) is 0. The van der Waals surface area contributed by atoms with Gasteiger partial charge in [0.15, 0.2) is 0 Å². The maximum Gasteiger partial charge on any atom is 0.227 e. The summed E-state index contributed by atoms with van der Waals surface area (Å²) < 4.78 is 0. The zero-order chi connectivity index (χ0) is 13.8. The first-order valence-electron chi connectivity index (χ1n) is 7.05. The fourth-order valence-electron chi connectivity index (χ4n) is 2.62. The van der Waals surface area contributed by atoms with Gasteiger partial charge in [-0.2, -0.15) is 0 Å². The van der Waals surface area contributed by atoms with Gasteiger partial charge in [-0.25, -0.2) is 0 Å². The van der Waals surface area contributed by atoms with E-state index in [4.69, 9.17) is 5.73 Å². The summed E-state index contributed by atoms with van der Waals surface area (Å²) in [5.41, 5.74) is 7.84. The standard InChI is InChI=1S/C15H23N3O/c1-3-17(4-2)13-5-7-14(8-6-13)18-11-12(10-16)9-15(18)19/h5-8,12H,3-4,9-11,16H2,1-2H3. The van der Waals surface area contributed by atoms with E-state index in [0.717, 1.165) is 25.3 Å². The van der Waals surface area contributed by atoms with Crippen molar-refractivity contribution in [3.8, 4) is 0 Å². The SMILES string of the molecule is CCN(CC)c1ccc(N2CC(CN)CC2=O)cc1. The first-order chi connectivity index (χ1) is 9.19. The van der Waals surface area contributed by atoms with E-state index in [1.165, 1.54) is 5.69 Å². The van der Waals surface area contributed by atoms with Crippen molar-refractivity contribution in [3.05, 3.63) is 24.3 Å². The van der Waals surface area contributed by atoms with E-state index < -0.39 is 0 Å². The normalized spacial score (nSPS) is 19.0. The molecule has 0 spiro atoms. The molecule has 0 aliphatic carbocycles. The highest BCUT2D eigenvalue weighted by molar-refractivity contribution is 5.95.